The van der Waals surface area contributed by atoms with Gasteiger partial charge in [0.2, 0.25) is 5.91 Å². The number of rotatable bonds is 6. The molecule has 0 spiro atoms. The number of nitrogens with one attached hydrogen (secondary N) is 2. The maximum atomic E-state index is 14.7. The number of anilines is 2. The fourth-order valence-electron chi connectivity index (χ4n) is 3.49. The Bertz CT molecular complexity index is 834. The first-order valence-corrected chi connectivity index (χ1v) is 9.80. The molecule has 1 heterocycles. The fourth-order valence-corrected chi connectivity index (χ4v) is 3.49. The first-order valence-electron chi connectivity index (χ1n) is 9.80. The summed E-state index contributed by atoms with van der Waals surface area (Å²) in [5.41, 5.74) is 1.87. The van der Waals surface area contributed by atoms with Crippen molar-refractivity contribution in [2.24, 2.45) is 0 Å². The highest BCUT2D eigenvalue weighted by Gasteiger charge is 2.24. The molecule has 1 aliphatic rings. The van der Waals surface area contributed by atoms with E-state index in [2.05, 4.69) is 10.6 Å². The minimum absolute atomic E-state index is 0.0424. The maximum Gasteiger partial charge on any atom is 0.242 e. The second-order valence-corrected chi connectivity index (χ2v) is 7.54. The van der Waals surface area contributed by atoms with Crippen molar-refractivity contribution in [3.63, 3.8) is 0 Å². The summed E-state index contributed by atoms with van der Waals surface area (Å²) < 4.78 is 33.3. The highest BCUT2D eigenvalue weighted by Crippen LogP contribution is 2.26. The average molecular weight is 403 g/mol. The smallest absolute Gasteiger partial charge is 0.242 e. The van der Waals surface area contributed by atoms with E-state index in [0.29, 0.717) is 31.0 Å². The lowest BCUT2D eigenvalue weighted by atomic mass is 10.1. The van der Waals surface area contributed by atoms with Gasteiger partial charge in [0, 0.05) is 25.3 Å². The molecule has 0 aliphatic carbocycles. The quantitative estimate of drug-likeness (QED) is 0.772. The summed E-state index contributed by atoms with van der Waals surface area (Å²) >= 11 is 0. The van der Waals surface area contributed by atoms with Crippen molar-refractivity contribution < 1.29 is 18.3 Å². The largest absolute Gasteiger partial charge is 0.374 e. The molecule has 5 nitrogen and oxygen atoms in total. The molecule has 7 heteroatoms. The highest BCUT2D eigenvalue weighted by atomic mass is 19.1. The summed E-state index contributed by atoms with van der Waals surface area (Å²) in [4.78, 5) is 14.3. The number of morpholine rings is 1. The number of ether oxygens (including phenoxy) is 1. The lowest BCUT2D eigenvalue weighted by Gasteiger charge is -2.37. The van der Waals surface area contributed by atoms with Crippen molar-refractivity contribution in [3.8, 4) is 0 Å². The molecule has 3 rings (SSSR count). The Balaban J connectivity index is 1.57. The summed E-state index contributed by atoms with van der Waals surface area (Å²) in [6.45, 7) is 7.22. The second kappa shape index (κ2) is 9.22. The molecule has 29 heavy (non-hydrogen) atoms. The third-order valence-corrected chi connectivity index (χ3v) is 4.86. The van der Waals surface area contributed by atoms with Gasteiger partial charge in [0.05, 0.1) is 17.9 Å². The maximum absolute atomic E-state index is 14.7. The number of nitrogens with zero attached hydrogens (tertiary/aromatic N) is 1. The molecular weight excluding hydrogens is 376 g/mol. The molecule has 0 aromatic heterocycles. The van der Waals surface area contributed by atoms with Gasteiger partial charge in [-0.2, -0.15) is 0 Å². The number of hydrogen-bond acceptors (Lipinski definition) is 4. The molecule has 1 saturated heterocycles. The fraction of sp³-hybridized carbons (Fsp3) is 0.409. The zero-order valence-corrected chi connectivity index (χ0v) is 16.9. The molecule has 1 aliphatic heterocycles. The average Bonchev–Trinajstić information content (AvgIpc) is 2.66. The van der Waals surface area contributed by atoms with Gasteiger partial charge in [-0.05, 0) is 56.7 Å². The summed E-state index contributed by atoms with van der Waals surface area (Å²) in [6, 6.07) is 10.3. The van der Waals surface area contributed by atoms with Gasteiger partial charge < -0.3 is 20.3 Å². The van der Waals surface area contributed by atoms with Crippen molar-refractivity contribution in [1.82, 2.24) is 5.32 Å². The number of hydrogen-bond donors (Lipinski definition) is 2. The monoisotopic (exact) mass is 403 g/mol. The summed E-state index contributed by atoms with van der Waals surface area (Å²) in [7, 11) is 0. The van der Waals surface area contributed by atoms with Crippen LogP contribution in [0.4, 0.5) is 20.2 Å². The number of amides is 1. The number of carbonyl (C=O) groups excluding carboxylic acids is 1. The molecule has 1 fully saturated rings. The van der Waals surface area contributed by atoms with Crippen LogP contribution in [0, 0.1) is 11.6 Å². The van der Waals surface area contributed by atoms with Crippen LogP contribution in [0.25, 0.3) is 0 Å². The molecule has 0 saturated carbocycles. The molecule has 3 atom stereocenters. The third-order valence-electron chi connectivity index (χ3n) is 4.86. The van der Waals surface area contributed by atoms with Gasteiger partial charge in [-0.25, -0.2) is 8.78 Å². The minimum atomic E-state index is -0.552. The van der Waals surface area contributed by atoms with E-state index in [1.807, 2.05) is 18.7 Å². The van der Waals surface area contributed by atoms with Crippen LogP contribution >= 0.6 is 0 Å². The van der Waals surface area contributed by atoms with Crippen LogP contribution in [0.5, 0.6) is 0 Å². The SMILES string of the molecule is CC1CN(c2ccc(NC(C)C(=O)NCc3ccc(F)cc3)cc2F)CC(C)O1. The number of carbonyl (C=O) groups is 1. The molecule has 2 N–H and O–H groups in total. The van der Waals surface area contributed by atoms with Gasteiger partial charge in [0.1, 0.15) is 17.7 Å². The van der Waals surface area contributed by atoms with Gasteiger partial charge in [-0.15, -0.1) is 0 Å². The number of benzene rings is 2. The van der Waals surface area contributed by atoms with Crippen LogP contribution < -0.4 is 15.5 Å². The molecular formula is C22H27F2N3O2. The summed E-state index contributed by atoms with van der Waals surface area (Å²) in [5.74, 6) is -0.883. The van der Waals surface area contributed by atoms with E-state index in [0.717, 1.165) is 5.56 Å². The summed E-state index contributed by atoms with van der Waals surface area (Å²) in [6.07, 6.45) is 0.0848. The molecule has 2 aromatic rings. The molecule has 156 valence electrons. The zero-order chi connectivity index (χ0) is 21.0. The number of halogens is 2. The predicted molar refractivity (Wildman–Crippen MR) is 110 cm³/mol. The van der Waals surface area contributed by atoms with Crippen LogP contribution in [0.15, 0.2) is 42.5 Å². The Labute approximate surface area is 170 Å². The minimum Gasteiger partial charge on any atom is -0.374 e. The van der Waals surface area contributed by atoms with Gasteiger partial charge >= 0.3 is 0 Å². The Morgan fingerprint density at radius 3 is 2.41 bits per heavy atom. The van der Waals surface area contributed by atoms with E-state index in [9.17, 15) is 13.6 Å². The van der Waals surface area contributed by atoms with Crippen LogP contribution in [0.3, 0.4) is 0 Å². The third kappa shape index (κ3) is 5.67. The van der Waals surface area contributed by atoms with E-state index in [1.165, 1.54) is 18.2 Å². The summed E-state index contributed by atoms with van der Waals surface area (Å²) in [5, 5.41) is 5.81. The van der Waals surface area contributed by atoms with Crippen LogP contribution in [-0.4, -0.2) is 37.2 Å². The molecule has 0 bridgehead atoms. The van der Waals surface area contributed by atoms with Gasteiger partial charge in [-0.3, -0.25) is 4.79 Å². The van der Waals surface area contributed by atoms with Crippen molar-refractivity contribution in [1.29, 1.82) is 0 Å². The molecule has 3 unspecified atom stereocenters. The molecule has 0 radical (unpaired) electrons. The van der Waals surface area contributed by atoms with E-state index in [4.69, 9.17) is 4.74 Å². The van der Waals surface area contributed by atoms with Gasteiger partial charge in [0.25, 0.3) is 0 Å². The van der Waals surface area contributed by atoms with Crippen molar-refractivity contribution >= 4 is 17.3 Å². The van der Waals surface area contributed by atoms with E-state index in [1.54, 1.807) is 31.2 Å². The Hall–Kier alpha value is -2.67. The molecule has 1 amide bonds. The predicted octanol–water partition coefficient (Wildman–Crippen LogP) is 3.70. The van der Waals surface area contributed by atoms with Crippen LogP contribution in [0.1, 0.15) is 26.3 Å². The topological polar surface area (TPSA) is 53.6 Å². The Kier molecular flexibility index (Phi) is 6.69. The molecule has 2 aromatic carbocycles. The van der Waals surface area contributed by atoms with E-state index < -0.39 is 6.04 Å². The second-order valence-electron chi connectivity index (χ2n) is 7.54. The standard InChI is InChI=1S/C22H27F2N3O2/c1-14-12-27(13-15(2)29-14)21-9-8-19(10-20(21)24)26-16(3)22(28)25-11-17-4-6-18(23)7-5-17/h4-10,14-16,26H,11-13H2,1-3H3,(H,25,28). The lowest BCUT2D eigenvalue weighted by molar-refractivity contribution is -0.121. The lowest BCUT2D eigenvalue weighted by Crippen LogP contribution is -2.45. The first kappa shape index (κ1) is 21.0. The Morgan fingerprint density at radius 1 is 1.14 bits per heavy atom. The Morgan fingerprint density at radius 2 is 1.79 bits per heavy atom. The van der Waals surface area contributed by atoms with Crippen LogP contribution in [0.2, 0.25) is 0 Å². The van der Waals surface area contributed by atoms with Crippen molar-refractivity contribution in [3.05, 3.63) is 59.7 Å². The van der Waals surface area contributed by atoms with Crippen molar-refractivity contribution in [2.45, 2.75) is 45.6 Å². The first-order chi connectivity index (χ1) is 13.8. The van der Waals surface area contributed by atoms with Gasteiger partial charge in [-0.1, -0.05) is 12.1 Å². The van der Waals surface area contributed by atoms with Crippen LogP contribution in [-0.2, 0) is 16.1 Å². The van der Waals surface area contributed by atoms with Crippen molar-refractivity contribution in [2.75, 3.05) is 23.3 Å². The normalized spacial score (nSPS) is 20.2. The zero-order valence-electron chi connectivity index (χ0n) is 16.9. The van der Waals surface area contributed by atoms with E-state index >= 15 is 0 Å². The van der Waals surface area contributed by atoms with E-state index in [-0.39, 0.29) is 29.7 Å². The van der Waals surface area contributed by atoms with Gasteiger partial charge in [0.15, 0.2) is 0 Å². The highest BCUT2D eigenvalue weighted by molar-refractivity contribution is 5.84.